The number of para-hydroxylation sites is 1. The summed E-state index contributed by atoms with van der Waals surface area (Å²) in [6.45, 7) is 3.58. The number of nitrogens with zero attached hydrogens (tertiary/aromatic N) is 1. The van der Waals surface area contributed by atoms with Gasteiger partial charge in [-0.3, -0.25) is 0 Å². The van der Waals surface area contributed by atoms with Gasteiger partial charge in [0.05, 0.1) is 11.3 Å². The van der Waals surface area contributed by atoms with Gasteiger partial charge in [-0.1, -0.05) is 13.0 Å². The Morgan fingerprint density at radius 1 is 1.56 bits per heavy atom. The fourth-order valence-electron chi connectivity index (χ4n) is 2.02. The molecular weight excluding hydrogens is 209 g/mol. The molecule has 1 aromatic rings. The molecule has 0 radical (unpaired) electrons. The Balaban J connectivity index is 2.29. The van der Waals surface area contributed by atoms with Crippen LogP contribution in [-0.4, -0.2) is 24.2 Å². The third-order valence-corrected chi connectivity index (χ3v) is 3.07. The molecule has 1 aliphatic rings. The van der Waals surface area contributed by atoms with Crippen LogP contribution in [0.5, 0.6) is 0 Å². The number of rotatable bonds is 3. The zero-order chi connectivity index (χ0) is 11.7. The lowest BCUT2D eigenvalue weighted by Gasteiger charge is -2.41. The maximum absolute atomic E-state index is 13.6. The first-order chi connectivity index (χ1) is 7.63. The highest BCUT2D eigenvalue weighted by Crippen LogP contribution is 2.31. The molecule has 1 fully saturated rings. The van der Waals surface area contributed by atoms with E-state index in [1.807, 2.05) is 0 Å². The minimum absolute atomic E-state index is 0.0505. The SMILES string of the molecule is CCC1CN(c2c(F)cccc2C(=O)O)C1. The molecule has 1 aliphatic heterocycles. The number of hydrogen-bond donors (Lipinski definition) is 1. The number of hydrogen-bond acceptors (Lipinski definition) is 2. The van der Waals surface area contributed by atoms with Crippen molar-refractivity contribution in [1.82, 2.24) is 0 Å². The van der Waals surface area contributed by atoms with E-state index >= 15 is 0 Å². The third-order valence-electron chi connectivity index (χ3n) is 3.07. The van der Waals surface area contributed by atoms with E-state index in [1.165, 1.54) is 18.2 Å². The normalized spacial score (nSPS) is 16.0. The topological polar surface area (TPSA) is 40.5 Å². The van der Waals surface area contributed by atoms with E-state index in [-0.39, 0.29) is 11.3 Å². The highest BCUT2D eigenvalue weighted by Gasteiger charge is 2.30. The Morgan fingerprint density at radius 3 is 2.81 bits per heavy atom. The number of carboxylic acid groups (broad SMARTS) is 1. The van der Waals surface area contributed by atoms with Crippen LogP contribution in [0.3, 0.4) is 0 Å². The van der Waals surface area contributed by atoms with Crippen molar-refractivity contribution in [1.29, 1.82) is 0 Å². The van der Waals surface area contributed by atoms with Crippen molar-refractivity contribution in [2.75, 3.05) is 18.0 Å². The van der Waals surface area contributed by atoms with Gasteiger partial charge in [-0.05, 0) is 24.5 Å². The molecule has 0 amide bonds. The Labute approximate surface area is 93.5 Å². The zero-order valence-corrected chi connectivity index (χ0v) is 9.11. The van der Waals surface area contributed by atoms with Gasteiger partial charge in [-0.25, -0.2) is 9.18 Å². The first kappa shape index (κ1) is 10.9. The van der Waals surface area contributed by atoms with Gasteiger partial charge in [0.2, 0.25) is 0 Å². The van der Waals surface area contributed by atoms with E-state index in [0.717, 1.165) is 19.5 Å². The molecule has 0 unspecified atom stereocenters. The second-order valence-corrected chi connectivity index (χ2v) is 4.12. The average Bonchev–Trinajstić information content (AvgIpc) is 2.18. The van der Waals surface area contributed by atoms with Crippen LogP contribution < -0.4 is 4.90 Å². The molecular formula is C12H14FNO2. The van der Waals surface area contributed by atoms with Crippen LogP contribution in [0.4, 0.5) is 10.1 Å². The van der Waals surface area contributed by atoms with Crippen LogP contribution in [0.2, 0.25) is 0 Å². The predicted octanol–water partition coefficient (Wildman–Crippen LogP) is 2.37. The van der Waals surface area contributed by atoms with Crippen LogP contribution in [0.15, 0.2) is 18.2 Å². The summed E-state index contributed by atoms with van der Waals surface area (Å²) < 4.78 is 13.6. The summed E-state index contributed by atoms with van der Waals surface area (Å²) >= 11 is 0. The van der Waals surface area contributed by atoms with Crippen LogP contribution >= 0.6 is 0 Å². The summed E-state index contributed by atoms with van der Waals surface area (Å²) in [4.78, 5) is 12.8. The summed E-state index contributed by atoms with van der Waals surface area (Å²) in [5, 5.41) is 8.99. The Kier molecular flexibility index (Phi) is 2.81. The van der Waals surface area contributed by atoms with Gasteiger partial charge in [0.15, 0.2) is 0 Å². The quantitative estimate of drug-likeness (QED) is 0.855. The first-order valence-electron chi connectivity index (χ1n) is 5.40. The van der Waals surface area contributed by atoms with Crippen molar-refractivity contribution >= 4 is 11.7 Å². The van der Waals surface area contributed by atoms with Crippen LogP contribution in [0.1, 0.15) is 23.7 Å². The van der Waals surface area contributed by atoms with Gasteiger partial charge in [-0.15, -0.1) is 0 Å². The maximum atomic E-state index is 13.6. The highest BCUT2D eigenvalue weighted by atomic mass is 19.1. The molecule has 1 aromatic carbocycles. The average molecular weight is 223 g/mol. The van der Waals surface area contributed by atoms with E-state index < -0.39 is 11.8 Å². The molecule has 0 atom stereocenters. The molecule has 1 saturated heterocycles. The molecule has 0 bridgehead atoms. The highest BCUT2D eigenvalue weighted by molar-refractivity contribution is 5.94. The lowest BCUT2D eigenvalue weighted by atomic mass is 9.95. The number of aromatic carboxylic acids is 1. The smallest absolute Gasteiger partial charge is 0.337 e. The van der Waals surface area contributed by atoms with Crippen molar-refractivity contribution < 1.29 is 14.3 Å². The molecule has 3 nitrogen and oxygen atoms in total. The Hall–Kier alpha value is -1.58. The number of halogens is 1. The fourth-order valence-corrected chi connectivity index (χ4v) is 2.02. The van der Waals surface area contributed by atoms with E-state index in [0.29, 0.717) is 5.92 Å². The standard InChI is InChI=1S/C12H14FNO2/c1-2-8-6-14(7-8)11-9(12(15)16)4-3-5-10(11)13/h3-5,8H,2,6-7H2,1H3,(H,15,16). The van der Waals surface area contributed by atoms with Crippen molar-refractivity contribution in [2.24, 2.45) is 5.92 Å². The fraction of sp³-hybridized carbons (Fsp3) is 0.417. The molecule has 4 heteroatoms. The molecule has 1 heterocycles. The summed E-state index contributed by atoms with van der Waals surface area (Å²) in [7, 11) is 0. The molecule has 0 saturated carbocycles. The molecule has 0 spiro atoms. The van der Waals surface area contributed by atoms with Gasteiger partial charge in [0.1, 0.15) is 5.82 Å². The van der Waals surface area contributed by atoms with Crippen molar-refractivity contribution in [3.63, 3.8) is 0 Å². The zero-order valence-electron chi connectivity index (χ0n) is 9.11. The second-order valence-electron chi connectivity index (χ2n) is 4.12. The van der Waals surface area contributed by atoms with E-state index in [1.54, 1.807) is 4.90 Å². The lowest BCUT2D eigenvalue weighted by Crippen LogP contribution is -2.47. The van der Waals surface area contributed by atoms with E-state index in [4.69, 9.17) is 5.11 Å². The molecule has 1 N–H and O–H groups in total. The van der Waals surface area contributed by atoms with Crippen molar-refractivity contribution in [2.45, 2.75) is 13.3 Å². The maximum Gasteiger partial charge on any atom is 0.337 e. The van der Waals surface area contributed by atoms with Gasteiger partial charge in [-0.2, -0.15) is 0 Å². The predicted molar refractivity (Wildman–Crippen MR) is 59.4 cm³/mol. The van der Waals surface area contributed by atoms with Gasteiger partial charge in [0.25, 0.3) is 0 Å². The lowest BCUT2D eigenvalue weighted by molar-refractivity contribution is 0.0696. The monoisotopic (exact) mass is 223 g/mol. The van der Waals surface area contributed by atoms with E-state index in [2.05, 4.69) is 6.92 Å². The van der Waals surface area contributed by atoms with Crippen LogP contribution in [0, 0.1) is 11.7 Å². The summed E-state index contributed by atoms with van der Waals surface area (Å²) in [5.74, 6) is -0.967. The molecule has 0 aromatic heterocycles. The Morgan fingerprint density at radius 2 is 2.25 bits per heavy atom. The molecule has 2 rings (SSSR count). The number of carboxylic acids is 1. The van der Waals surface area contributed by atoms with Crippen molar-refractivity contribution in [3.05, 3.63) is 29.6 Å². The third kappa shape index (κ3) is 1.75. The summed E-state index contributed by atoms with van der Waals surface area (Å²) in [6, 6.07) is 4.18. The minimum atomic E-state index is -1.07. The Bertz CT molecular complexity index is 413. The van der Waals surface area contributed by atoms with E-state index in [9.17, 15) is 9.18 Å². The van der Waals surface area contributed by atoms with Crippen molar-refractivity contribution in [3.8, 4) is 0 Å². The number of benzene rings is 1. The van der Waals surface area contributed by atoms with Crippen LogP contribution in [-0.2, 0) is 0 Å². The summed E-state index contributed by atoms with van der Waals surface area (Å²) in [6.07, 6.45) is 1.05. The molecule has 0 aliphatic carbocycles. The first-order valence-corrected chi connectivity index (χ1v) is 5.40. The van der Waals surface area contributed by atoms with Crippen LogP contribution in [0.25, 0.3) is 0 Å². The number of carbonyl (C=O) groups is 1. The number of anilines is 1. The second kappa shape index (κ2) is 4.12. The molecule has 86 valence electrons. The molecule has 16 heavy (non-hydrogen) atoms. The summed E-state index contributed by atoms with van der Waals surface area (Å²) in [5.41, 5.74) is 0.286. The van der Waals surface area contributed by atoms with Gasteiger partial charge < -0.3 is 10.0 Å². The minimum Gasteiger partial charge on any atom is -0.478 e. The largest absolute Gasteiger partial charge is 0.478 e. The van der Waals surface area contributed by atoms with Gasteiger partial charge in [0, 0.05) is 13.1 Å². The van der Waals surface area contributed by atoms with Gasteiger partial charge >= 0.3 is 5.97 Å².